The summed E-state index contributed by atoms with van der Waals surface area (Å²) in [6.45, 7) is 5.63. The monoisotopic (exact) mass is 413 g/mol. The Hall–Kier alpha value is -3.89. The number of fused-ring (bicyclic) bond motifs is 1. The lowest BCUT2D eigenvalue weighted by atomic mass is 10.2. The van der Waals surface area contributed by atoms with E-state index < -0.39 is 17.6 Å². The molecule has 11 nitrogen and oxygen atoms in total. The van der Waals surface area contributed by atoms with Crippen LogP contribution < -0.4 is 16.4 Å². The highest BCUT2D eigenvalue weighted by atomic mass is 16.6. The number of phenolic OH excluding ortho intramolecular Hbond substituents is 1. The third-order valence-electron chi connectivity index (χ3n) is 3.82. The van der Waals surface area contributed by atoms with Gasteiger partial charge in [-0.3, -0.25) is 4.79 Å². The fourth-order valence-electron chi connectivity index (χ4n) is 2.57. The van der Waals surface area contributed by atoms with Crippen molar-refractivity contribution in [3.05, 3.63) is 36.0 Å². The van der Waals surface area contributed by atoms with Crippen LogP contribution in [0.25, 0.3) is 17.0 Å². The first-order valence-electron chi connectivity index (χ1n) is 9.20. The topological polar surface area (TPSA) is 157 Å². The molecule has 11 heteroatoms. The van der Waals surface area contributed by atoms with Crippen molar-refractivity contribution in [2.75, 3.05) is 18.8 Å². The van der Waals surface area contributed by atoms with E-state index in [1.54, 1.807) is 32.9 Å². The van der Waals surface area contributed by atoms with E-state index in [9.17, 15) is 14.7 Å². The highest BCUT2D eigenvalue weighted by Gasteiger charge is 2.19. The summed E-state index contributed by atoms with van der Waals surface area (Å²) < 4.78 is 6.38. The summed E-state index contributed by atoms with van der Waals surface area (Å²) in [5.74, 6) is -0.0421. The van der Waals surface area contributed by atoms with Gasteiger partial charge < -0.3 is 26.2 Å². The van der Waals surface area contributed by atoms with E-state index in [0.29, 0.717) is 5.56 Å². The quantitative estimate of drug-likeness (QED) is 0.456. The number of ether oxygens (including phenoxy) is 1. The normalized spacial score (nSPS) is 11.3. The molecule has 1 aromatic carbocycles. The van der Waals surface area contributed by atoms with E-state index in [2.05, 4.69) is 25.7 Å². The van der Waals surface area contributed by atoms with Crippen molar-refractivity contribution in [2.24, 2.45) is 0 Å². The highest BCUT2D eigenvalue weighted by molar-refractivity contribution is 5.99. The number of rotatable bonds is 5. The maximum Gasteiger partial charge on any atom is 0.407 e. The summed E-state index contributed by atoms with van der Waals surface area (Å²) in [5.41, 5.74) is 6.21. The van der Waals surface area contributed by atoms with Crippen LogP contribution in [0.15, 0.2) is 30.5 Å². The molecule has 2 heterocycles. The second-order valence-corrected chi connectivity index (χ2v) is 7.44. The SMILES string of the molecule is CC(C)(C)OC(=O)NCCNC(=O)c1cnc(N)n2nc(-c3cccc(O)c3)nc12. The fourth-order valence-corrected chi connectivity index (χ4v) is 2.57. The van der Waals surface area contributed by atoms with Crippen LogP contribution in [-0.4, -0.2) is 55.4 Å². The van der Waals surface area contributed by atoms with E-state index in [4.69, 9.17) is 10.5 Å². The van der Waals surface area contributed by atoms with Gasteiger partial charge in [0.25, 0.3) is 5.91 Å². The summed E-state index contributed by atoms with van der Waals surface area (Å²) >= 11 is 0. The number of aromatic nitrogens is 4. The number of phenols is 1. The van der Waals surface area contributed by atoms with Crippen LogP contribution in [0.3, 0.4) is 0 Å². The van der Waals surface area contributed by atoms with Crippen molar-refractivity contribution >= 4 is 23.6 Å². The third kappa shape index (κ3) is 4.93. The van der Waals surface area contributed by atoms with Crippen molar-refractivity contribution in [3.8, 4) is 17.1 Å². The first kappa shape index (κ1) is 20.8. The Morgan fingerprint density at radius 3 is 2.67 bits per heavy atom. The first-order chi connectivity index (χ1) is 14.1. The fraction of sp³-hybridized carbons (Fsp3) is 0.316. The van der Waals surface area contributed by atoms with E-state index >= 15 is 0 Å². The van der Waals surface area contributed by atoms with Crippen molar-refractivity contribution in [1.29, 1.82) is 0 Å². The number of nitrogen functional groups attached to an aromatic ring is 1. The molecular weight excluding hydrogens is 390 g/mol. The van der Waals surface area contributed by atoms with Crippen LogP contribution in [0.4, 0.5) is 10.7 Å². The summed E-state index contributed by atoms with van der Waals surface area (Å²) in [5, 5.41) is 19.2. The average Bonchev–Trinajstić information content (AvgIpc) is 3.10. The molecular formula is C19H23N7O4. The van der Waals surface area contributed by atoms with E-state index in [1.807, 2.05) is 0 Å². The Morgan fingerprint density at radius 2 is 1.97 bits per heavy atom. The van der Waals surface area contributed by atoms with Gasteiger partial charge >= 0.3 is 6.09 Å². The van der Waals surface area contributed by atoms with Gasteiger partial charge in [0.1, 0.15) is 16.9 Å². The molecule has 0 spiro atoms. The number of nitrogens with zero attached hydrogens (tertiary/aromatic N) is 4. The van der Waals surface area contributed by atoms with Crippen molar-refractivity contribution in [2.45, 2.75) is 26.4 Å². The minimum atomic E-state index is -0.602. The second-order valence-electron chi connectivity index (χ2n) is 7.44. The first-order valence-corrected chi connectivity index (χ1v) is 9.20. The molecule has 0 saturated carbocycles. The lowest BCUT2D eigenvalue weighted by Gasteiger charge is -2.19. The molecule has 0 aliphatic rings. The Morgan fingerprint density at radius 1 is 1.23 bits per heavy atom. The number of carbonyl (C=O) groups excluding carboxylic acids is 2. The Labute approximate surface area is 172 Å². The summed E-state index contributed by atoms with van der Waals surface area (Å²) in [6, 6.07) is 6.41. The summed E-state index contributed by atoms with van der Waals surface area (Å²) in [7, 11) is 0. The number of aromatic hydroxyl groups is 1. The zero-order valence-corrected chi connectivity index (χ0v) is 16.8. The molecule has 0 saturated heterocycles. The molecule has 158 valence electrons. The van der Waals surface area contributed by atoms with Gasteiger partial charge in [-0.05, 0) is 32.9 Å². The summed E-state index contributed by atoms with van der Waals surface area (Å²) in [6.07, 6.45) is 0.740. The van der Waals surface area contributed by atoms with Gasteiger partial charge in [0.15, 0.2) is 11.5 Å². The maximum absolute atomic E-state index is 12.6. The average molecular weight is 413 g/mol. The molecule has 0 aliphatic carbocycles. The van der Waals surface area contributed by atoms with Gasteiger partial charge in [-0.25, -0.2) is 14.8 Å². The van der Waals surface area contributed by atoms with Gasteiger partial charge in [-0.2, -0.15) is 4.52 Å². The Balaban J connectivity index is 1.72. The van der Waals surface area contributed by atoms with Crippen molar-refractivity contribution in [1.82, 2.24) is 30.2 Å². The standard InChI is InChI=1S/C19H23N7O4/c1-19(2,3)30-18(29)22-8-7-21-16(28)13-10-23-17(20)26-15(13)24-14(25-26)11-5-4-6-12(27)9-11/h4-6,9-10,27H,7-8H2,1-3H3,(H2,20,23)(H,21,28)(H,22,29). The van der Waals surface area contributed by atoms with Crippen LogP contribution in [0.1, 0.15) is 31.1 Å². The smallest absolute Gasteiger partial charge is 0.407 e. The van der Waals surface area contributed by atoms with Gasteiger partial charge in [0.05, 0.1) is 0 Å². The Bertz CT molecular complexity index is 1090. The van der Waals surface area contributed by atoms with Gasteiger partial charge in [0, 0.05) is 24.8 Å². The van der Waals surface area contributed by atoms with Crippen molar-refractivity contribution in [3.63, 3.8) is 0 Å². The minimum Gasteiger partial charge on any atom is -0.508 e. The number of carbonyl (C=O) groups is 2. The van der Waals surface area contributed by atoms with Crippen LogP contribution in [0.5, 0.6) is 5.75 Å². The lowest BCUT2D eigenvalue weighted by molar-refractivity contribution is 0.0526. The zero-order valence-electron chi connectivity index (χ0n) is 16.8. The van der Waals surface area contributed by atoms with Gasteiger partial charge in [-0.1, -0.05) is 12.1 Å². The second kappa shape index (κ2) is 8.23. The molecule has 2 amide bonds. The number of benzene rings is 1. The molecule has 0 fully saturated rings. The van der Waals surface area contributed by atoms with Gasteiger partial charge in [0.2, 0.25) is 5.95 Å². The van der Waals surface area contributed by atoms with Gasteiger partial charge in [-0.15, -0.1) is 5.10 Å². The highest BCUT2D eigenvalue weighted by Crippen LogP contribution is 2.22. The molecule has 0 atom stereocenters. The van der Waals surface area contributed by atoms with Crippen LogP contribution in [0, 0.1) is 0 Å². The van der Waals surface area contributed by atoms with E-state index in [1.165, 1.54) is 22.8 Å². The predicted octanol–water partition coefficient (Wildman–Crippen LogP) is 1.33. The molecule has 3 rings (SSSR count). The Kier molecular flexibility index (Phi) is 5.72. The van der Waals surface area contributed by atoms with E-state index in [0.717, 1.165) is 0 Å². The molecule has 3 aromatic rings. The molecule has 0 unspecified atom stereocenters. The largest absolute Gasteiger partial charge is 0.508 e. The maximum atomic E-state index is 12.6. The van der Waals surface area contributed by atoms with Crippen molar-refractivity contribution < 1.29 is 19.4 Å². The van der Waals surface area contributed by atoms with E-state index in [-0.39, 0.29) is 41.8 Å². The number of amides is 2. The number of hydrogen-bond donors (Lipinski definition) is 4. The predicted molar refractivity (Wildman–Crippen MR) is 109 cm³/mol. The molecule has 0 bridgehead atoms. The van der Waals surface area contributed by atoms with Crippen LogP contribution >= 0.6 is 0 Å². The molecule has 2 aromatic heterocycles. The number of nitrogens with two attached hydrogens (primary N) is 1. The number of nitrogens with one attached hydrogen (secondary N) is 2. The minimum absolute atomic E-state index is 0.0621. The molecule has 0 radical (unpaired) electrons. The number of alkyl carbamates (subject to hydrolysis) is 1. The zero-order chi connectivity index (χ0) is 21.9. The van der Waals surface area contributed by atoms with Crippen LogP contribution in [0.2, 0.25) is 0 Å². The number of anilines is 1. The lowest BCUT2D eigenvalue weighted by Crippen LogP contribution is -2.38. The summed E-state index contributed by atoms with van der Waals surface area (Å²) in [4.78, 5) is 32.6. The third-order valence-corrected chi connectivity index (χ3v) is 3.82. The molecule has 30 heavy (non-hydrogen) atoms. The molecule has 0 aliphatic heterocycles. The molecule has 5 N–H and O–H groups in total. The number of hydrogen-bond acceptors (Lipinski definition) is 8. The van der Waals surface area contributed by atoms with Crippen LogP contribution in [-0.2, 0) is 4.74 Å².